The topological polar surface area (TPSA) is 12.5 Å². The predicted octanol–water partition coefficient (Wildman–Crippen LogP) is 6.03. The first-order chi connectivity index (χ1) is 17.1. The molecule has 4 aliphatic rings. The Balaban J connectivity index is 1.50. The van der Waals surface area contributed by atoms with Gasteiger partial charge in [0.1, 0.15) is 11.5 Å². The van der Waals surface area contributed by atoms with Crippen molar-refractivity contribution in [3.8, 4) is 22.6 Å². The van der Waals surface area contributed by atoms with Crippen LogP contribution < -0.4 is 26.0 Å². The van der Waals surface area contributed by atoms with E-state index in [1.807, 2.05) is 0 Å². The second kappa shape index (κ2) is 6.60. The Morgan fingerprint density at radius 2 is 1.51 bits per heavy atom. The minimum absolute atomic E-state index is 0.0503. The molecule has 0 saturated heterocycles. The summed E-state index contributed by atoms with van der Waals surface area (Å²) in [5.41, 5.74) is 11.1. The van der Waals surface area contributed by atoms with Crippen molar-refractivity contribution >= 4 is 34.5 Å². The molecule has 0 radical (unpaired) electrons. The van der Waals surface area contributed by atoms with Crippen molar-refractivity contribution in [1.82, 2.24) is 0 Å². The van der Waals surface area contributed by atoms with Gasteiger partial charge in [-0.1, -0.05) is 86.5 Å². The Labute approximate surface area is 207 Å². The van der Waals surface area contributed by atoms with E-state index >= 15 is 0 Å². The number of fused-ring (bicyclic) bond motifs is 7. The molecule has 1 saturated carbocycles. The van der Waals surface area contributed by atoms with Gasteiger partial charge >= 0.3 is 0 Å². The lowest BCUT2D eigenvalue weighted by Crippen LogP contribution is -2.63. The van der Waals surface area contributed by atoms with Crippen molar-refractivity contribution in [3.05, 3.63) is 90.5 Å². The first kappa shape index (κ1) is 19.8. The van der Waals surface area contributed by atoms with Crippen LogP contribution in [0, 0.1) is 0 Å². The standard InChI is InChI=1S/C32H28BNO/c1-31-17-8-9-18-32(31,2)34-26-19-22(21-11-4-3-5-12-21)20-28-29(26)33(24-14-6-7-16-27(24)35-28)25-15-10-13-23(31)30(25)34/h3-7,10-16,19-20H,8-9,17-18H2,1-2H3. The van der Waals surface area contributed by atoms with Gasteiger partial charge in [-0.2, -0.15) is 0 Å². The molecule has 3 aliphatic heterocycles. The Bertz CT molecular complexity index is 1530. The lowest BCUT2D eigenvalue weighted by Gasteiger charge is -2.52. The number of rotatable bonds is 1. The fourth-order valence-electron chi connectivity index (χ4n) is 7.78. The summed E-state index contributed by atoms with van der Waals surface area (Å²) in [6.07, 6.45) is 5.05. The third-order valence-corrected chi connectivity index (χ3v) is 9.68. The molecule has 2 nitrogen and oxygen atoms in total. The van der Waals surface area contributed by atoms with Crippen LogP contribution in [0.25, 0.3) is 11.1 Å². The zero-order valence-electron chi connectivity index (χ0n) is 20.3. The molecule has 35 heavy (non-hydrogen) atoms. The maximum Gasteiger partial charge on any atom is 0.256 e. The molecule has 3 heterocycles. The van der Waals surface area contributed by atoms with Crippen LogP contribution in [0.1, 0.15) is 45.1 Å². The second-order valence-electron chi connectivity index (χ2n) is 11.2. The van der Waals surface area contributed by atoms with E-state index in [0.29, 0.717) is 0 Å². The number of hydrogen-bond donors (Lipinski definition) is 0. The maximum atomic E-state index is 6.68. The summed E-state index contributed by atoms with van der Waals surface area (Å²) in [5, 5.41) is 0. The fraction of sp³-hybridized carbons (Fsp3) is 0.250. The Morgan fingerprint density at radius 3 is 2.40 bits per heavy atom. The largest absolute Gasteiger partial charge is 0.458 e. The Morgan fingerprint density at radius 1 is 0.743 bits per heavy atom. The predicted molar refractivity (Wildman–Crippen MR) is 146 cm³/mol. The van der Waals surface area contributed by atoms with Crippen molar-refractivity contribution in [3.63, 3.8) is 0 Å². The highest BCUT2D eigenvalue weighted by molar-refractivity contribution is 6.99. The third kappa shape index (κ3) is 2.32. The van der Waals surface area contributed by atoms with Gasteiger partial charge in [-0.15, -0.1) is 0 Å². The van der Waals surface area contributed by atoms with E-state index in [1.165, 1.54) is 64.6 Å². The number of nitrogens with zero attached hydrogens (tertiary/aromatic N) is 1. The van der Waals surface area contributed by atoms with E-state index in [-0.39, 0.29) is 17.7 Å². The molecule has 0 amide bonds. The quantitative estimate of drug-likeness (QED) is 0.288. The Hall–Kier alpha value is -3.46. The molecule has 1 aliphatic carbocycles. The third-order valence-electron chi connectivity index (χ3n) is 9.68. The van der Waals surface area contributed by atoms with Crippen LogP contribution in [0.2, 0.25) is 0 Å². The molecule has 4 aromatic carbocycles. The molecule has 170 valence electrons. The zero-order valence-corrected chi connectivity index (χ0v) is 20.3. The van der Waals surface area contributed by atoms with Crippen LogP contribution in [0.4, 0.5) is 11.4 Å². The highest BCUT2D eigenvalue weighted by Crippen LogP contribution is 2.61. The van der Waals surface area contributed by atoms with Crippen molar-refractivity contribution in [2.45, 2.75) is 50.5 Å². The van der Waals surface area contributed by atoms with Crippen LogP contribution in [0.5, 0.6) is 11.5 Å². The molecular weight excluding hydrogens is 425 g/mol. The smallest absolute Gasteiger partial charge is 0.256 e. The van der Waals surface area contributed by atoms with Crippen LogP contribution in [0.15, 0.2) is 84.9 Å². The molecule has 3 heteroatoms. The van der Waals surface area contributed by atoms with Gasteiger partial charge in [0.25, 0.3) is 6.71 Å². The number of para-hydroxylation sites is 2. The summed E-state index contributed by atoms with van der Waals surface area (Å²) in [6.45, 7) is 5.25. The molecule has 0 bridgehead atoms. The molecule has 0 aromatic heterocycles. The van der Waals surface area contributed by atoms with Crippen molar-refractivity contribution in [2.24, 2.45) is 0 Å². The fourth-order valence-corrected chi connectivity index (χ4v) is 7.78. The highest BCUT2D eigenvalue weighted by Gasteiger charge is 2.61. The van der Waals surface area contributed by atoms with Crippen LogP contribution in [-0.2, 0) is 5.41 Å². The van der Waals surface area contributed by atoms with Crippen LogP contribution in [-0.4, -0.2) is 12.3 Å². The molecule has 1 fully saturated rings. The lowest BCUT2D eigenvalue weighted by molar-refractivity contribution is 0.195. The van der Waals surface area contributed by atoms with Crippen LogP contribution in [0.3, 0.4) is 0 Å². The van der Waals surface area contributed by atoms with Gasteiger partial charge in [0.15, 0.2) is 0 Å². The maximum absolute atomic E-state index is 6.68. The van der Waals surface area contributed by atoms with Crippen LogP contribution >= 0.6 is 0 Å². The SMILES string of the molecule is CC12CCCCC1(C)N1c3cc(-c4ccccc4)cc4c3B(c3ccccc3O4)c3cccc2c31. The van der Waals surface area contributed by atoms with E-state index in [9.17, 15) is 0 Å². The van der Waals surface area contributed by atoms with Gasteiger partial charge in [0, 0.05) is 16.8 Å². The molecule has 0 N–H and O–H groups in total. The van der Waals surface area contributed by atoms with E-state index in [0.717, 1.165) is 11.5 Å². The average molecular weight is 453 g/mol. The van der Waals surface area contributed by atoms with Gasteiger partial charge < -0.3 is 9.64 Å². The van der Waals surface area contributed by atoms with Gasteiger partial charge in [-0.05, 0) is 71.0 Å². The Kier molecular flexibility index (Phi) is 3.74. The molecular formula is C32H28BNO. The molecule has 4 aromatic rings. The monoisotopic (exact) mass is 453 g/mol. The lowest BCUT2D eigenvalue weighted by atomic mass is 9.34. The summed E-state index contributed by atoms with van der Waals surface area (Å²) < 4.78 is 6.68. The summed E-state index contributed by atoms with van der Waals surface area (Å²) in [7, 11) is 0. The number of anilines is 2. The first-order valence-corrected chi connectivity index (χ1v) is 13.0. The molecule has 8 rings (SSSR count). The molecule has 2 unspecified atom stereocenters. The summed E-state index contributed by atoms with van der Waals surface area (Å²) in [5.74, 6) is 1.99. The van der Waals surface area contributed by atoms with Gasteiger partial charge in [-0.3, -0.25) is 0 Å². The molecule has 0 spiro atoms. The van der Waals surface area contributed by atoms with Crippen molar-refractivity contribution in [2.75, 3.05) is 4.90 Å². The van der Waals surface area contributed by atoms with Gasteiger partial charge in [0.2, 0.25) is 0 Å². The summed E-state index contributed by atoms with van der Waals surface area (Å²) in [4.78, 5) is 2.75. The second-order valence-corrected chi connectivity index (χ2v) is 11.2. The van der Waals surface area contributed by atoms with E-state index in [4.69, 9.17) is 4.74 Å². The average Bonchev–Trinajstić information content (AvgIpc) is 3.11. The number of ether oxygens (including phenoxy) is 1. The van der Waals surface area contributed by atoms with E-state index in [1.54, 1.807) is 5.56 Å². The minimum atomic E-state index is 0.0503. The number of benzene rings is 4. The van der Waals surface area contributed by atoms with E-state index < -0.39 is 0 Å². The minimum Gasteiger partial charge on any atom is -0.458 e. The van der Waals surface area contributed by atoms with Crippen molar-refractivity contribution in [1.29, 1.82) is 0 Å². The van der Waals surface area contributed by atoms with Gasteiger partial charge in [0.05, 0.1) is 5.54 Å². The van der Waals surface area contributed by atoms with Gasteiger partial charge in [-0.25, -0.2) is 0 Å². The first-order valence-electron chi connectivity index (χ1n) is 13.0. The summed E-state index contributed by atoms with van der Waals surface area (Å²) in [6, 6.07) is 31.2. The number of hydrogen-bond acceptors (Lipinski definition) is 2. The summed E-state index contributed by atoms with van der Waals surface area (Å²) >= 11 is 0. The highest BCUT2D eigenvalue weighted by atomic mass is 16.5. The zero-order chi connectivity index (χ0) is 23.4. The normalized spacial score (nSPS) is 24.7. The molecule has 2 atom stereocenters. The van der Waals surface area contributed by atoms with E-state index in [2.05, 4.69) is 104 Å². The van der Waals surface area contributed by atoms with Crippen molar-refractivity contribution < 1.29 is 4.74 Å².